The number of hydrogen-bond acceptors (Lipinski definition) is 7. The van der Waals surface area contributed by atoms with Gasteiger partial charge in [0.1, 0.15) is 18.1 Å². The Morgan fingerprint density at radius 3 is 2.34 bits per heavy atom. The van der Waals surface area contributed by atoms with Crippen LogP contribution in [0.4, 0.5) is 0 Å². The molecule has 10 heteroatoms. The zero-order valence-electron chi connectivity index (χ0n) is 18.9. The second kappa shape index (κ2) is 10.4. The lowest BCUT2D eigenvalue weighted by Crippen LogP contribution is -2.12. The van der Waals surface area contributed by atoms with E-state index in [0.29, 0.717) is 10.6 Å². The number of methoxy groups -OCH3 is 2. The van der Waals surface area contributed by atoms with Crippen LogP contribution < -0.4 is 14.2 Å². The summed E-state index contributed by atoms with van der Waals surface area (Å²) in [5.74, 6) is -1.10. The average Bonchev–Trinajstić information content (AvgIpc) is 3.24. The molecule has 0 aliphatic heterocycles. The van der Waals surface area contributed by atoms with Crippen molar-refractivity contribution < 1.29 is 29.2 Å². The highest BCUT2D eigenvalue weighted by atomic mass is 35.5. The summed E-state index contributed by atoms with van der Waals surface area (Å²) in [6.07, 6.45) is 1.29. The highest BCUT2D eigenvalue weighted by Gasteiger charge is 2.21. The average molecular weight is 496 g/mol. The maximum Gasteiger partial charge on any atom is 0.352 e. The molecule has 0 aliphatic carbocycles. The van der Waals surface area contributed by atoms with Crippen molar-refractivity contribution in [2.24, 2.45) is 0 Å². The van der Waals surface area contributed by atoms with Gasteiger partial charge in [0.15, 0.2) is 0 Å². The Kier molecular flexibility index (Phi) is 7.07. The van der Waals surface area contributed by atoms with Crippen molar-refractivity contribution in [1.29, 1.82) is 0 Å². The summed E-state index contributed by atoms with van der Waals surface area (Å²) in [6.45, 7) is 0.0829. The summed E-state index contributed by atoms with van der Waals surface area (Å²) >= 11 is 6.64. The maximum absolute atomic E-state index is 11.5. The molecule has 0 atom stereocenters. The maximum atomic E-state index is 11.5. The first-order valence-electron chi connectivity index (χ1n) is 10.5. The van der Waals surface area contributed by atoms with Crippen molar-refractivity contribution in [1.82, 2.24) is 14.5 Å². The molecule has 35 heavy (non-hydrogen) atoms. The number of carboxylic acids is 1. The van der Waals surface area contributed by atoms with Crippen LogP contribution in [0.15, 0.2) is 60.8 Å². The number of hydrogen-bond donors (Lipinski definition) is 2. The molecule has 0 fully saturated rings. The van der Waals surface area contributed by atoms with Gasteiger partial charge in [-0.2, -0.15) is 9.97 Å². The van der Waals surface area contributed by atoms with Crippen molar-refractivity contribution >= 4 is 17.6 Å². The van der Waals surface area contributed by atoms with Crippen molar-refractivity contribution in [3.05, 3.63) is 82.6 Å². The van der Waals surface area contributed by atoms with E-state index in [4.69, 9.17) is 25.8 Å². The molecule has 4 rings (SSSR count). The van der Waals surface area contributed by atoms with Gasteiger partial charge in [0.2, 0.25) is 11.8 Å². The summed E-state index contributed by atoms with van der Waals surface area (Å²) in [6, 6.07) is 16.6. The Bertz CT molecular complexity index is 1330. The fraction of sp³-hybridized carbons (Fsp3) is 0.160. The van der Waals surface area contributed by atoms with Gasteiger partial charge < -0.3 is 29.0 Å². The summed E-state index contributed by atoms with van der Waals surface area (Å²) in [5.41, 5.74) is 2.88. The van der Waals surface area contributed by atoms with E-state index >= 15 is 0 Å². The molecule has 180 valence electrons. The SMILES string of the molecule is COc1nc(OCc2cccc(-c3ccccc3)c2Cl)nc(OC)c1Cn1cc(O)cc1C(=O)O. The molecule has 0 aliphatic rings. The molecule has 4 aromatic rings. The Hall–Kier alpha value is -4.24. The number of aromatic nitrogens is 3. The third-order valence-corrected chi connectivity index (χ3v) is 5.69. The first-order valence-corrected chi connectivity index (χ1v) is 10.9. The topological polar surface area (TPSA) is 116 Å². The van der Waals surface area contributed by atoms with E-state index in [9.17, 15) is 15.0 Å². The van der Waals surface area contributed by atoms with E-state index < -0.39 is 5.97 Å². The molecule has 2 aromatic heterocycles. The molecule has 2 aromatic carbocycles. The van der Waals surface area contributed by atoms with Crippen LogP contribution in [0.3, 0.4) is 0 Å². The Morgan fingerprint density at radius 1 is 1.03 bits per heavy atom. The number of benzene rings is 2. The lowest BCUT2D eigenvalue weighted by molar-refractivity contribution is 0.0685. The van der Waals surface area contributed by atoms with E-state index in [1.807, 2.05) is 48.5 Å². The zero-order valence-corrected chi connectivity index (χ0v) is 19.7. The van der Waals surface area contributed by atoms with Crippen LogP contribution in [0.25, 0.3) is 11.1 Å². The number of carbonyl (C=O) groups is 1. The summed E-state index contributed by atoms with van der Waals surface area (Å²) in [4.78, 5) is 20.1. The minimum Gasteiger partial charge on any atom is -0.506 e. The fourth-order valence-corrected chi connectivity index (χ4v) is 3.90. The molecular weight excluding hydrogens is 474 g/mol. The number of aromatic hydroxyl groups is 1. The number of carboxylic acid groups (broad SMARTS) is 1. The minimum absolute atomic E-state index is 0.00237. The second-order valence-electron chi connectivity index (χ2n) is 7.45. The van der Waals surface area contributed by atoms with Gasteiger partial charge in [-0.05, 0) is 5.56 Å². The van der Waals surface area contributed by atoms with E-state index in [1.165, 1.54) is 25.0 Å². The minimum atomic E-state index is -1.20. The molecule has 9 nitrogen and oxygen atoms in total. The first kappa shape index (κ1) is 23.9. The van der Waals surface area contributed by atoms with E-state index in [0.717, 1.165) is 22.8 Å². The molecule has 0 saturated heterocycles. The predicted molar refractivity (Wildman–Crippen MR) is 129 cm³/mol. The van der Waals surface area contributed by atoms with Gasteiger partial charge in [-0.15, -0.1) is 0 Å². The summed E-state index contributed by atoms with van der Waals surface area (Å²) in [5, 5.41) is 19.7. The van der Waals surface area contributed by atoms with Crippen LogP contribution in [0.5, 0.6) is 23.5 Å². The number of ether oxygens (including phenoxy) is 3. The van der Waals surface area contributed by atoms with Crippen LogP contribution in [-0.2, 0) is 13.2 Å². The van der Waals surface area contributed by atoms with E-state index in [-0.39, 0.29) is 42.4 Å². The molecule has 0 saturated carbocycles. The molecule has 2 heterocycles. The molecule has 2 N–H and O–H groups in total. The second-order valence-corrected chi connectivity index (χ2v) is 7.83. The third-order valence-electron chi connectivity index (χ3n) is 5.25. The zero-order chi connectivity index (χ0) is 24.9. The molecule has 0 spiro atoms. The quantitative estimate of drug-likeness (QED) is 0.345. The van der Waals surface area contributed by atoms with Gasteiger partial charge in [-0.3, -0.25) is 0 Å². The summed E-state index contributed by atoms with van der Waals surface area (Å²) < 4.78 is 17.9. The van der Waals surface area contributed by atoms with Crippen LogP contribution >= 0.6 is 11.6 Å². The first-order chi connectivity index (χ1) is 16.9. The summed E-state index contributed by atoms with van der Waals surface area (Å²) in [7, 11) is 2.83. The van der Waals surface area contributed by atoms with Crippen LogP contribution in [0.1, 0.15) is 21.6 Å². The highest BCUT2D eigenvalue weighted by Crippen LogP contribution is 2.33. The van der Waals surface area contributed by atoms with Crippen molar-refractivity contribution in [2.45, 2.75) is 13.2 Å². The van der Waals surface area contributed by atoms with Crippen LogP contribution in [-0.4, -0.2) is 44.9 Å². The standard InChI is InChI=1S/C25H22ClN3O6/c1-33-22-19(13-29-12-17(30)11-20(29)24(31)32)23(34-2)28-25(27-22)35-14-16-9-6-10-18(21(16)26)15-7-4-3-5-8-15/h3-12,30H,13-14H2,1-2H3,(H,31,32). The molecular formula is C25H22ClN3O6. The molecule has 0 radical (unpaired) electrons. The van der Waals surface area contributed by atoms with E-state index in [2.05, 4.69) is 9.97 Å². The van der Waals surface area contributed by atoms with Gasteiger partial charge in [-0.1, -0.05) is 60.1 Å². The van der Waals surface area contributed by atoms with Crippen molar-refractivity contribution in [3.8, 4) is 34.6 Å². The lowest BCUT2D eigenvalue weighted by Gasteiger charge is -2.15. The Balaban J connectivity index is 1.60. The molecule has 0 unspecified atom stereocenters. The highest BCUT2D eigenvalue weighted by molar-refractivity contribution is 6.34. The van der Waals surface area contributed by atoms with Gasteiger partial charge in [0.25, 0.3) is 0 Å². The van der Waals surface area contributed by atoms with Gasteiger partial charge in [0.05, 0.1) is 31.4 Å². The Labute approximate surface area is 206 Å². The lowest BCUT2D eigenvalue weighted by atomic mass is 10.0. The monoisotopic (exact) mass is 495 g/mol. The fourth-order valence-electron chi connectivity index (χ4n) is 3.61. The normalized spacial score (nSPS) is 10.7. The van der Waals surface area contributed by atoms with Crippen LogP contribution in [0.2, 0.25) is 5.02 Å². The van der Waals surface area contributed by atoms with E-state index in [1.54, 1.807) is 0 Å². The molecule has 0 amide bonds. The largest absolute Gasteiger partial charge is 0.506 e. The smallest absolute Gasteiger partial charge is 0.352 e. The van der Waals surface area contributed by atoms with Gasteiger partial charge >= 0.3 is 12.0 Å². The van der Waals surface area contributed by atoms with Crippen molar-refractivity contribution in [3.63, 3.8) is 0 Å². The number of halogens is 1. The predicted octanol–water partition coefficient (Wildman–Crippen LogP) is 4.65. The molecule has 0 bridgehead atoms. The number of rotatable bonds is 9. The number of aromatic carboxylic acids is 1. The van der Waals surface area contributed by atoms with Crippen LogP contribution in [0, 0.1) is 0 Å². The van der Waals surface area contributed by atoms with Crippen molar-refractivity contribution in [2.75, 3.05) is 14.2 Å². The number of nitrogens with zero attached hydrogens (tertiary/aromatic N) is 3. The van der Waals surface area contributed by atoms with Gasteiger partial charge in [0, 0.05) is 23.4 Å². The van der Waals surface area contributed by atoms with Gasteiger partial charge in [-0.25, -0.2) is 4.79 Å². The third kappa shape index (κ3) is 5.15. The Morgan fingerprint density at radius 2 is 1.71 bits per heavy atom.